The van der Waals surface area contributed by atoms with Crippen LogP contribution in [0.1, 0.15) is 329 Å². The zero-order valence-electron chi connectivity index (χ0n) is 46.3. The first kappa shape index (κ1) is 66.6. The molecule has 1 atom stereocenters. The Kier molecular flexibility index (Phi) is 56.2. The van der Waals surface area contributed by atoms with Crippen LogP contribution in [0, 0.1) is 0 Å². The summed E-state index contributed by atoms with van der Waals surface area (Å²) in [5, 5.41) is 0. The summed E-state index contributed by atoms with van der Waals surface area (Å²) in [5.41, 5.74) is 0. The zero-order chi connectivity index (χ0) is 50.0. The predicted molar refractivity (Wildman–Crippen MR) is 298 cm³/mol. The molecule has 404 valence electrons. The summed E-state index contributed by atoms with van der Waals surface area (Å²) in [6, 6.07) is 0. The molecule has 0 saturated heterocycles. The van der Waals surface area contributed by atoms with E-state index in [9.17, 15) is 14.4 Å². The first-order valence-corrected chi connectivity index (χ1v) is 30.5. The molecule has 0 aliphatic carbocycles. The van der Waals surface area contributed by atoms with Gasteiger partial charge in [-0.2, -0.15) is 0 Å². The Morgan fingerprint density at radius 1 is 0.290 bits per heavy atom. The number of carbonyl (C=O) groups is 3. The minimum Gasteiger partial charge on any atom is -0.462 e. The summed E-state index contributed by atoms with van der Waals surface area (Å²) in [7, 11) is 0. The van der Waals surface area contributed by atoms with Crippen LogP contribution < -0.4 is 0 Å². The maximum Gasteiger partial charge on any atom is 0.306 e. The Hall–Kier alpha value is -2.37. The average molecular weight is 970 g/mol. The Morgan fingerprint density at radius 3 is 0.855 bits per heavy atom. The molecule has 0 amide bonds. The molecule has 0 aromatic rings. The largest absolute Gasteiger partial charge is 0.462 e. The fourth-order valence-corrected chi connectivity index (χ4v) is 8.99. The number of ether oxygens (including phenoxy) is 3. The van der Waals surface area contributed by atoms with Gasteiger partial charge in [-0.1, -0.05) is 276 Å². The third-order valence-corrected chi connectivity index (χ3v) is 13.6. The summed E-state index contributed by atoms with van der Waals surface area (Å²) in [5.74, 6) is -0.880. The van der Waals surface area contributed by atoms with Gasteiger partial charge in [-0.15, -0.1) is 0 Å². The van der Waals surface area contributed by atoms with Gasteiger partial charge in [0.2, 0.25) is 0 Å². The number of hydrogen-bond acceptors (Lipinski definition) is 6. The fourth-order valence-electron chi connectivity index (χ4n) is 8.99. The lowest BCUT2D eigenvalue weighted by atomic mass is 10.0. The maximum absolute atomic E-state index is 12.9. The smallest absolute Gasteiger partial charge is 0.306 e. The number of carbonyl (C=O) groups excluding carboxylic acids is 3. The molecule has 0 rings (SSSR count). The molecule has 0 aliphatic heterocycles. The molecule has 1 unspecified atom stereocenters. The van der Waals surface area contributed by atoms with Crippen molar-refractivity contribution < 1.29 is 28.6 Å². The topological polar surface area (TPSA) is 78.9 Å². The number of allylic oxidation sites excluding steroid dienone is 6. The summed E-state index contributed by atoms with van der Waals surface area (Å²) in [4.78, 5) is 38.2. The van der Waals surface area contributed by atoms with Crippen molar-refractivity contribution in [2.24, 2.45) is 0 Å². The minimum absolute atomic E-state index is 0.0763. The van der Waals surface area contributed by atoms with Gasteiger partial charge in [0.05, 0.1) is 0 Å². The van der Waals surface area contributed by atoms with Crippen molar-refractivity contribution >= 4 is 17.9 Å². The molecule has 0 aromatic carbocycles. The quantitative estimate of drug-likeness (QED) is 0.0261. The number of rotatable bonds is 56. The van der Waals surface area contributed by atoms with Gasteiger partial charge in [-0.05, 0) is 70.6 Å². The van der Waals surface area contributed by atoms with E-state index in [1.807, 2.05) is 0 Å². The van der Waals surface area contributed by atoms with Crippen LogP contribution in [0.2, 0.25) is 0 Å². The van der Waals surface area contributed by atoms with Crippen molar-refractivity contribution in [1.29, 1.82) is 0 Å². The molecule has 6 heteroatoms. The van der Waals surface area contributed by atoms with Crippen LogP contribution in [0.25, 0.3) is 0 Å². The van der Waals surface area contributed by atoms with E-state index in [-0.39, 0.29) is 31.1 Å². The van der Waals surface area contributed by atoms with Crippen LogP contribution in [0.4, 0.5) is 0 Å². The van der Waals surface area contributed by atoms with Crippen LogP contribution in [0.3, 0.4) is 0 Å². The molecule has 0 radical (unpaired) electrons. The molecule has 0 heterocycles. The SMILES string of the molecule is CCCC/C=C\C/C=C\CCCCCCCC(=O)OCC(COC(=O)CCCCCCCCCCCCCCCCCCCCCCCC)OC(=O)CCCCCCC/C=C\CCCCCCCC. The van der Waals surface area contributed by atoms with Gasteiger partial charge < -0.3 is 14.2 Å². The van der Waals surface area contributed by atoms with Gasteiger partial charge in [-0.25, -0.2) is 0 Å². The second-order valence-electron chi connectivity index (χ2n) is 20.6. The van der Waals surface area contributed by atoms with Gasteiger partial charge >= 0.3 is 17.9 Å². The summed E-state index contributed by atoms with van der Waals surface area (Å²) >= 11 is 0. The molecular weight excluding hydrogens is 853 g/mol. The lowest BCUT2D eigenvalue weighted by molar-refractivity contribution is -0.167. The van der Waals surface area contributed by atoms with E-state index in [0.717, 1.165) is 83.5 Å². The highest BCUT2D eigenvalue weighted by Gasteiger charge is 2.19. The zero-order valence-corrected chi connectivity index (χ0v) is 46.3. The molecular formula is C63H116O6. The van der Waals surface area contributed by atoms with Gasteiger partial charge in [0.1, 0.15) is 13.2 Å². The molecule has 0 bridgehead atoms. The number of hydrogen-bond donors (Lipinski definition) is 0. The normalized spacial score (nSPS) is 12.2. The third kappa shape index (κ3) is 56.4. The second kappa shape index (κ2) is 58.2. The van der Waals surface area contributed by atoms with Crippen molar-refractivity contribution in [1.82, 2.24) is 0 Å². The summed E-state index contributed by atoms with van der Waals surface area (Å²) in [6.45, 7) is 6.62. The van der Waals surface area contributed by atoms with Crippen molar-refractivity contribution in [2.75, 3.05) is 13.2 Å². The Bertz CT molecular complexity index is 1160. The van der Waals surface area contributed by atoms with E-state index >= 15 is 0 Å². The Morgan fingerprint density at radius 2 is 0.536 bits per heavy atom. The molecule has 0 aromatic heterocycles. The Labute approximate surface area is 429 Å². The minimum atomic E-state index is -0.780. The number of unbranched alkanes of at least 4 members (excludes halogenated alkanes) is 39. The van der Waals surface area contributed by atoms with Crippen LogP contribution in [0.15, 0.2) is 36.5 Å². The van der Waals surface area contributed by atoms with Crippen molar-refractivity contribution in [3.63, 3.8) is 0 Å². The van der Waals surface area contributed by atoms with Crippen LogP contribution in [-0.4, -0.2) is 37.2 Å². The lowest BCUT2D eigenvalue weighted by Crippen LogP contribution is -2.30. The molecule has 69 heavy (non-hydrogen) atoms. The summed E-state index contributed by atoms with van der Waals surface area (Å²) < 4.78 is 16.9. The second-order valence-corrected chi connectivity index (χ2v) is 20.6. The first-order valence-electron chi connectivity index (χ1n) is 30.5. The van der Waals surface area contributed by atoms with E-state index < -0.39 is 6.10 Å². The standard InChI is InChI=1S/C63H116O6/c1-4-7-10-13-16-19-22-25-28-29-30-31-32-33-34-36-38-41-44-47-50-53-56-62(65)68-59-60(58-67-61(64)55-52-49-46-43-40-37-27-24-21-18-15-12-9-6-3)69-63(66)57-54-51-48-45-42-39-35-26-23-20-17-14-11-8-5-2/h15,18,24,26-27,35,60H,4-14,16-17,19-23,25,28-34,36-59H2,1-3H3/b18-15-,27-24-,35-26-. The fraction of sp³-hybridized carbons (Fsp3) is 0.857. The average Bonchev–Trinajstić information content (AvgIpc) is 3.35. The van der Waals surface area contributed by atoms with Crippen molar-refractivity contribution in [3.05, 3.63) is 36.5 Å². The first-order chi connectivity index (χ1) is 34.0. The van der Waals surface area contributed by atoms with Gasteiger partial charge in [0.15, 0.2) is 6.10 Å². The van der Waals surface area contributed by atoms with Crippen molar-refractivity contribution in [2.45, 2.75) is 335 Å². The van der Waals surface area contributed by atoms with E-state index in [4.69, 9.17) is 14.2 Å². The monoisotopic (exact) mass is 969 g/mol. The lowest BCUT2D eigenvalue weighted by Gasteiger charge is -2.18. The maximum atomic E-state index is 12.9. The molecule has 0 N–H and O–H groups in total. The van der Waals surface area contributed by atoms with E-state index in [2.05, 4.69) is 57.2 Å². The third-order valence-electron chi connectivity index (χ3n) is 13.6. The van der Waals surface area contributed by atoms with E-state index in [1.165, 1.54) is 205 Å². The predicted octanol–water partition coefficient (Wildman–Crippen LogP) is 20.4. The summed E-state index contributed by atoms with van der Waals surface area (Å²) in [6.07, 6.45) is 70.0. The van der Waals surface area contributed by atoms with Crippen molar-refractivity contribution in [3.8, 4) is 0 Å². The van der Waals surface area contributed by atoms with Crippen LogP contribution in [0.5, 0.6) is 0 Å². The molecule has 0 spiro atoms. The highest BCUT2D eigenvalue weighted by Crippen LogP contribution is 2.17. The van der Waals surface area contributed by atoms with Gasteiger partial charge in [0, 0.05) is 19.3 Å². The Balaban J connectivity index is 4.29. The van der Waals surface area contributed by atoms with E-state index in [1.54, 1.807) is 0 Å². The number of esters is 3. The van der Waals surface area contributed by atoms with E-state index in [0.29, 0.717) is 19.3 Å². The highest BCUT2D eigenvalue weighted by atomic mass is 16.6. The van der Waals surface area contributed by atoms with Gasteiger partial charge in [-0.3, -0.25) is 14.4 Å². The van der Waals surface area contributed by atoms with Gasteiger partial charge in [0.25, 0.3) is 0 Å². The van der Waals surface area contributed by atoms with Crippen LogP contribution in [-0.2, 0) is 28.6 Å². The molecule has 0 saturated carbocycles. The molecule has 0 fully saturated rings. The molecule has 0 aliphatic rings. The highest BCUT2D eigenvalue weighted by molar-refractivity contribution is 5.71. The van der Waals surface area contributed by atoms with Crippen LogP contribution >= 0.6 is 0 Å². The molecule has 6 nitrogen and oxygen atoms in total.